The number of benzene rings is 1. The van der Waals surface area contributed by atoms with Gasteiger partial charge >= 0.3 is 0 Å². The van der Waals surface area contributed by atoms with Gasteiger partial charge < -0.3 is 0 Å². The van der Waals surface area contributed by atoms with Crippen molar-refractivity contribution in [3.05, 3.63) is 64.4 Å². The molecule has 0 saturated heterocycles. The van der Waals surface area contributed by atoms with Crippen molar-refractivity contribution in [3.8, 4) is 0 Å². The van der Waals surface area contributed by atoms with Crippen molar-refractivity contribution in [3.63, 3.8) is 0 Å². The van der Waals surface area contributed by atoms with Crippen LogP contribution in [0.4, 0.5) is 0 Å². The summed E-state index contributed by atoms with van der Waals surface area (Å²) in [6.45, 7) is 2.17. The number of halogens is 2. The van der Waals surface area contributed by atoms with Gasteiger partial charge in [-0.3, -0.25) is 4.98 Å². The molecule has 0 N–H and O–H groups in total. The average molecular weight is 280 g/mol. The van der Waals surface area contributed by atoms with Crippen molar-refractivity contribution in [1.82, 2.24) is 4.98 Å². The van der Waals surface area contributed by atoms with Gasteiger partial charge in [-0.25, -0.2) is 0 Å². The van der Waals surface area contributed by atoms with E-state index in [0.29, 0.717) is 16.8 Å². The molecule has 1 atom stereocenters. The van der Waals surface area contributed by atoms with Gasteiger partial charge in [0.25, 0.3) is 0 Å². The molecule has 0 fully saturated rings. The average Bonchev–Trinajstić information content (AvgIpc) is 2.39. The third-order valence-corrected chi connectivity index (χ3v) is 3.46. The minimum atomic E-state index is 0.332. The zero-order chi connectivity index (χ0) is 13.0. The lowest BCUT2D eigenvalue weighted by Gasteiger charge is -2.14. The molecule has 2 aromatic rings. The van der Waals surface area contributed by atoms with Crippen LogP contribution in [0.1, 0.15) is 29.7 Å². The van der Waals surface area contributed by atoms with E-state index in [1.54, 1.807) is 6.20 Å². The molecular weight excluding hydrogens is 265 g/mol. The number of rotatable bonds is 4. The van der Waals surface area contributed by atoms with Crippen LogP contribution in [0, 0.1) is 0 Å². The van der Waals surface area contributed by atoms with Crippen LogP contribution in [0.15, 0.2) is 42.6 Å². The first-order chi connectivity index (χ1) is 8.70. The molecule has 0 radical (unpaired) electrons. The van der Waals surface area contributed by atoms with Crippen LogP contribution < -0.4 is 0 Å². The second-order valence-electron chi connectivity index (χ2n) is 4.42. The Labute approximate surface area is 118 Å². The van der Waals surface area contributed by atoms with Crippen LogP contribution in [0.3, 0.4) is 0 Å². The second kappa shape index (κ2) is 6.21. The predicted molar refractivity (Wildman–Crippen MR) is 77.4 cm³/mol. The maximum atomic E-state index is 5.95. The van der Waals surface area contributed by atoms with Gasteiger partial charge in [-0.1, -0.05) is 48.9 Å². The fourth-order valence-corrected chi connectivity index (χ4v) is 2.50. The van der Waals surface area contributed by atoms with E-state index in [1.807, 2.05) is 12.1 Å². The fourth-order valence-electron chi connectivity index (χ4n) is 2.11. The molecule has 0 unspecified atom stereocenters. The molecule has 0 aliphatic carbocycles. The molecule has 18 heavy (non-hydrogen) atoms. The fraction of sp³-hybridized carbons (Fsp3) is 0.267. The number of pyridine rings is 1. The maximum Gasteiger partial charge on any atom is 0.0592 e. The summed E-state index contributed by atoms with van der Waals surface area (Å²) in [5.41, 5.74) is 3.37. The van der Waals surface area contributed by atoms with Crippen LogP contribution in [-0.2, 0) is 12.3 Å². The lowest BCUT2D eigenvalue weighted by atomic mass is 9.95. The molecule has 1 aromatic carbocycles. The molecule has 0 spiro atoms. The summed E-state index contributed by atoms with van der Waals surface area (Å²) in [6, 6.07) is 12.3. The summed E-state index contributed by atoms with van der Waals surface area (Å²) in [5, 5.41) is 0.640. The van der Waals surface area contributed by atoms with Crippen molar-refractivity contribution in [2.75, 3.05) is 0 Å². The van der Waals surface area contributed by atoms with E-state index in [-0.39, 0.29) is 0 Å². The standard InChI is InChI=1S/C15H15Cl2N/c1-11(7-12-5-3-2-4-6-12)15-13(9-16)8-14(17)10-18-15/h2-6,8,10-11H,7,9H2,1H3/t11-/m0/s1. The first kappa shape index (κ1) is 13.4. The van der Waals surface area contributed by atoms with Crippen molar-refractivity contribution < 1.29 is 0 Å². The van der Waals surface area contributed by atoms with Crippen molar-refractivity contribution in [1.29, 1.82) is 0 Å². The van der Waals surface area contributed by atoms with Gasteiger partial charge in [-0.2, -0.15) is 0 Å². The normalized spacial score (nSPS) is 12.4. The van der Waals surface area contributed by atoms with Gasteiger partial charge in [0.1, 0.15) is 0 Å². The first-order valence-corrected chi connectivity index (χ1v) is 6.86. The van der Waals surface area contributed by atoms with Gasteiger partial charge in [0, 0.05) is 23.7 Å². The third-order valence-electron chi connectivity index (χ3n) is 2.96. The van der Waals surface area contributed by atoms with E-state index in [1.165, 1.54) is 5.56 Å². The summed E-state index contributed by atoms with van der Waals surface area (Å²) in [7, 11) is 0. The maximum absolute atomic E-state index is 5.95. The monoisotopic (exact) mass is 279 g/mol. The highest BCUT2D eigenvalue weighted by atomic mass is 35.5. The van der Waals surface area contributed by atoms with Crippen LogP contribution in [0.25, 0.3) is 0 Å². The van der Waals surface area contributed by atoms with Gasteiger partial charge in [0.05, 0.1) is 5.02 Å². The molecule has 0 aliphatic heterocycles. The predicted octanol–water partition coefficient (Wildman–Crippen LogP) is 4.82. The van der Waals surface area contributed by atoms with Gasteiger partial charge in [0.15, 0.2) is 0 Å². The minimum absolute atomic E-state index is 0.332. The molecule has 0 saturated carbocycles. The largest absolute Gasteiger partial charge is 0.259 e. The molecule has 0 bridgehead atoms. The van der Waals surface area contributed by atoms with Gasteiger partial charge in [-0.05, 0) is 23.6 Å². The van der Waals surface area contributed by atoms with Gasteiger partial charge in [-0.15, -0.1) is 11.6 Å². The number of hydrogen-bond acceptors (Lipinski definition) is 1. The SMILES string of the molecule is C[C@@H](Cc1ccccc1)c1ncc(Cl)cc1CCl. The summed E-state index contributed by atoms with van der Waals surface area (Å²) in [5.74, 6) is 0.778. The molecule has 3 heteroatoms. The van der Waals surface area contributed by atoms with E-state index in [2.05, 4.69) is 36.2 Å². The highest BCUT2D eigenvalue weighted by Gasteiger charge is 2.13. The first-order valence-electron chi connectivity index (χ1n) is 5.95. The Kier molecular flexibility index (Phi) is 4.62. The Morgan fingerprint density at radius 3 is 2.61 bits per heavy atom. The highest BCUT2D eigenvalue weighted by Crippen LogP contribution is 2.25. The summed E-state index contributed by atoms with van der Waals surface area (Å²) >= 11 is 11.9. The Bertz CT molecular complexity index is 511. The quantitative estimate of drug-likeness (QED) is 0.732. The van der Waals surface area contributed by atoms with Gasteiger partial charge in [0.2, 0.25) is 0 Å². The zero-order valence-corrected chi connectivity index (χ0v) is 11.7. The van der Waals surface area contributed by atoms with Crippen molar-refractivity contribution in [2.45, 2.75) is 25.1 Å². The molecule has 1 nitrogen and oxygen atoms in total. The molecule has 1 aromatic heterocycles. The Morgan fingerprint density at radius 2 is 1.94 bits per heavy atom. The van der Waals surface area contributed by atoms with E-state index in [9.17, 15) is 0 Å². The van der Waals surface area contributed by atoms with Crippen LogP contribution in [0.2, 0.25) is 5.02 Å². The lowest BCUT2D eigenvalue weighted by molar-refractivity contribution is 0.722. The number of alkyl halides is 1. The minimum Gasteiger partial charge on any atom is -0.259 e. The van der Waals surface area contributed by atoms with E-state index < -0.39 is 0 Å². The molecule has 0 aliphatic rings. The smallest absolute Gasteiger partial charge is 0.0592 e. The number of nitrogens with zero attached hydrogens (tertiary/aromatic N) is 1. The van der Waals surface area contributed by atoms with Crippen LogP contribution in [-0.4, -0.2) is 4.98 Å². The molecular formula is C15H15Cl2N. The summed E-state index contributed by atoms with van der Waals surface area (Å²) in [4.78, 5) is 4.43. The van der Waals surface area contributed by atoms with E-state index in [0.717, 1.165) is 17.7 Å². The zero-order valence-electron chi connectivity index (χ0n) is 10.2. The topological polar surface area (TPSA) is 12.9 Å². The van der Waals surface area contributed by atoms with E-state index >= 15 is 0 Å². The molecule has 0 amide bonds. The molecule has 1 heterocycles. The Hall–Kier alpha value is -1.05. The Balaban J connectivity index is 2.21. The number of hydrogen-bond donors (Lipinski definition) is 0. The van der Waals surface area contributed by atoms with Crippen molar-refractivity contribution in [2.24, 2.45) is 0 Å². The van der Waals surface area contributed by atoms with E-state index in [4.69, 9.17) is 23.2 Å². The van der Waals surface area contributed by atoms with Crippen molar-refractivity contribution >= 4 is 23.2 Å². The van der Waals surface area contributed by atoms with Crippen LogP contribution in [0.5, 0.6) is 0 Å². The number of aromatic nitrogens is 1. The molecule has 2 rings (SSSR count). The summed E-state index contributed by atoms with van der Waals surface area (Å²) < 4.78 is 0. The highest BCUT2D eigenvalue weighted by molar-refractivity contribution is 6.30. The lowest BCUT2D eigenvalue weighted by Crippen LogP contribution is -2.04. The molecule has 94 valence electrons. The van der Waals surface area contributed by atoms with Crippen LogP contribution >= 0.6 is 23.2 Å². The Morgan fingerprint density at radius 1 is 1.22 bits per heavy atom. The second-order valence-corrected chi connectivity index (χ2v) is 5.13. The summed E-state index contributed by atoms with van der Waals surface area (Å²) in [6.07, 6.45) is 2.65. The third kappa shape index (κ3) is 3.24.